The third-order valence-corrected chi connectivity index (χ3v) is 3.94. The van der Waals surface area contributed by atoms with E-state index < -0.39 is 0 Å². The summed E-state index contributed by atoms with van der Waals surface area (Å²) in [7, 11) is 2.01. The van der Waals surface area contributed by atoms with Gasteiger partial charge in [0.2, 0.25) is 0 Å². The average molecular weight is 251 g/mol. The quantitative estimate of drug-likeness (QED) is 0.836. The van der Waals surface area contributed by atoms with Crippen LogP contribution in [0.1, 0.15) is 44.0 Å². The molecule has 2 rings (SSSR count). The second kappa shape index (κ2) is 6.34. The molecule has 0 atom stereocenters. The van der Waals surface area contributed by atoms with E-state index in [1.807, 2.05) is 11.7 Å². The first-order chi connectivity index (χ1) is 8.69. The second-order valence-electron chi connectivity index (χ2n) is 5.41. The van der Waals surface area contributed by atoms with Crippen LogP contribution in [0.5, 0.6) is 0 Å². The van der Waals surface area contributed by atoms with Crippen molar-refractivity contribution >= 4 is 0 Å². The molecule has 0 unspecified atom stereocenters. The number of aryl methyl sites for hydroxylation is 2. The van der Waals surface area contributed by atoms with Gasteiger partial charge in [0.1, 0.15) is 0 Å². The molecular weight excluding hydrogens is 226 g/mol. The molecule has 0 spiro atoms. The Morgan fingerprint density at radius 3 is 2.72 bits per heavy atom. The average Bonchev–Trinajstić information content (AvgIpc) is 2.73. The van der Waals surface area contributed by atoms with Gasteiger partial charge in [0.25, 0.3) is 0 Å². The number of nitrogens with one attached hydrogen (secondary N) is 1. The van der Waals surface area contributed by atoms with E-state index >= 15 is 0 Å². The minimum absolute atomic E-state index is 0.0505. The van der Waals surface area contributed by atoms with Crippen molar-refractivity contribution in [2.45, 2.75) is 51.7 Å². The van der Waals surface area contributed by atoms with E-state index in [4.69, 9.17) is 0 Å². The van der Waals surface area contributed by atoms with Crippen LogP contribution >= 0.6 is 0 Å². The van der Waals surface area contributed by atoms with E-state index in [1.165, 1.54) is 5.69 Å². The van der Waals surface area contributed by atoms with Gasteiger partial charge < -0.3 is 10.4 Å². The molecule has 1 aliphatic carbocycles. The molecule has 1 saturated carbocycles. The number of nitrogens with zero attached hydrogens (tertiary/aromatic N) is 2. The fourth-order valence-corrected chi connectivity index (χ4v) is 2.66. The normalized spacial score (nSPS) is 24.4. The van der Waals surface area contributed by atoms with E-state index in [0.29, 0.717) is 0 Å². The number of rotatable bonds is 5. The Morgan fingerprint density at radius 2 is 2.11 bits per heavy atom. The maximum absolute atomic E-state index is 9.46. The van der Waals surface area contributed by atoms with E-state index in [2.05, 4.69) is 23.4 Å². The van der Waals surface area contributed by atoms with Crippen molar-refractivity contribution in [3.8, 4) is 0 Å². The smallest absolute Gasteiger partial charge is 0.0625 e. The Bertz CT molecular complexity index is 367. The number of aliphatic hydroxyl groups excluding tert-OH is 1. The van der Waals surface area contributed by atoms with Gasteiger partial charge in [-0.05, 0) is 50.6 Å². The van der Waals surface area contributed by atoms with Gasteiger partial charge >= 0.3 is 0 Å². The zero-order chi connectivity index (χ0) is 13.0. The van der Waals surface area contributed by atoms with E-state index in [1.54, 1.807) is 0 Å². The van der Waals surface area contributed by atoms with Crippen molar-refractivity contribution in [1.82, 2.24) is 15.1 Å². The summed E-state index contributed by atoms with van der Waals surface area (Å²) in [5.74, 6) is 0.729. The van der Waals surface area contributed by atoms with Gasteiger partial charge in [0.05, 0.1) is 17.5 Å². The van der Waals surface area contributed by atoms with Crippen molar-refractivity contribution in [1.29, 1.82) is 0 Å². The summed E-state index contributed by atoms with van der Waals surface area (Å²) in [6.07, 6.45) is 5.19. The summed E-state index contributed by atoms with van der Waals surface area (Å²) in [6, 6.07) is 2.18. The molecule has 102 valence electrons. The molecule has 0 bridgehead atoms. The molecule has 1 aliphatic rings. The lowest BCUT2D eigenvalue weighted by molar-refractivity contribution is 0.108. The summed E-state index contributed by atoms with van der Waals surface area (Å²) in [5, 5.41) is 17.4. The van der Waals surface area contributed by atoms with Crippen molar-refractivity contribution in [2.75, 3.05) is 6.54 Å². The largest absolute Gasteiger partial charge is 0.393 e. The molecule has 1 aromatic rings. The summed E-state index contributed by atoms with van der Waals surface area (Å²) < 4.78 is 1.97. The standard InChI is InChI=1S/C14H25N3O/c1-3-12-8-13(17(2)16-12)10-15-9-11-4-6-14(18)7-5-11/h8,11,14-15,18H,3-7,9-10H2,1-2H3. The molecule has 4 nitrogen and oxygen atoms in total. The molecule has 2 N–H and O–H groups in total. The van der Waals surface area contributed by atoms with Crippen LogP contribution in [0.4, 0.5) is 0 Å². The van der Waals surface area contributed by atoms with Gasteiger partial charge in [-0.25, -0.2) is 0 Å². The van der Waals surface area contributed by atoms with Crippen LogP contribution in [0.2, 0.25) is 0 Å². The van der Waals surface area contributed by atoms with Crippen molar-refractivity contribution in [2.24, 2.45) is 13.0 Å². The van der Waals surface area contributed by atoms with Crippen LogP contribution in [-0.2, 0) is 20.0 Å². The first-order valence-electron chi connectivity index (χ1n) is 7.09. The predicted octanol–water partition coefficient (Wildman–Crippen LogP) is 1.62. The lowest BCUT2D eigenvalue weighted by Crippen LogP contribution is -2.28. The van der Waals surface area contributed by atoms with Gasteiger partial charge in [-0.3, -0.25) is 4.68 Å². The molecule has 4 heteroatoms. The van der Waals surface area contributed by atoms with Gasteiger partial charge in [0.15, 0.2) is 0 Å². The highest BCUT2D eigenvalue weighted by molar-refractivity contribution is 5.09. The highest BCUT2D eigenvalue weighted by Crippen LogP contribution is 2.23. The van der Waals surface area contributed by atoms with Crippen LogP contribution < -0.4 is 5.32 Å². The van der Waals surface area contributed by atoms with Crippen LogP contribution in [0.25, 0.3) is 0 Å². The van der Waals surface area contributed by atoms with E-state index in [0.717, 1.165) is 56.8 Å². The molecule has 0 radical (unpaired) electrons. The highest BCUT2D eigenvalue weighted by atomic mass is 16.3. The summed E-state index contributed by atoms with van der Waals surface area (Å²) >= 11 is 0. The molecular formula is C14H25N3O. The van der Waals surface area contributed by atoms with Crippen LogP contribution in [-0.4, -0.2) is 27.5 Å². The van der Waals surface area contributed by atoms with Crippen LogP contribution in [0, 0.1) is 5.92 Å². The van der Waals surface area contributed by atoms with Gasteiger partial charge in [0, 0.05) is 13.6 Å². The van der Waals surface area contributed by atoms with E-state index in [-0.39, 0.29) is 6.10 Å². The van der Waals surface area contributed by atoms with Gasteiger partial charge in [-0.1, -0.05) is 6.92 Å². The van der Waals surface area contributed by atoms with Crippen molar-refractivity contribution in [3.63, 3.8) is 0 Å². The Balaban J connectivity index is 1.73. The monoisotopic (exact) mass is 251 g/mol. The summed E-state index contributed by atoms with van der Waals surface area (Å²) in [4.78, 5) is 0. The fraction of sp³-hybridized carbons (Fsp3) is 0.786. The summed E-state index contributed by atoms with van der Waals surface area (Å²) in [6.45, 7) is 4.08. The predicted molar refractivity (Wildman–Crippen MR) is 72.3 cm³/mol. The molecule has 18 heavy (non-hydrogen) atoms. The minimum atomic E-state index is -0.0505. The maximum atomic E-state index is 9.46. The first-order valence-corrected chi connectivity index (χ1v) is 7.09. The molecule has 0 amide bonds. The second-order valence-corrected chi connectivity index (χ2v) is 5.41. The SMILES string of the molecule is CCc1cc(CNCC2CCC(O)CC2)n(C)n1. The van der Waals surface area contributed by atoms with Gasteiger partial charge in [-0.15, -0.1) is 0 Å². The molecule has 1 heterocycles. The fourth-order valence-electron chi connectivity index (χ4n) is 2.66. The molecule has 0 saturated heterocycles. The Kier molecular flexibility index (Phi) is 4.78. The maximum Gasteiger partial charge on any atom is 0.0625 e. The molecule has 0 aromatic carbocycles. The number of hydrogen-bond donors (Lipinski definition) is 2. The van der Waals surface area contributed by atoms with Gasteiger partial charge in [-0.2, -0.15) is 5.10 Å². The third kappa shape index (κ3) is 3.56. The number of aromatic nitrogens is 2. The number of hydrogen-bond acceptors (Lipinski definition) is 3. The Labute approximate surface area is 109 Å². The van der Waals surface area contributed by atoms with Crippen molar-refractivity contribution < 1.29 is 5.11 Å². The van der Waals surface area contributed by atoms with Crippen LogP contribution in [0.3, 0.4) is 0 Å². The molecule has 0 aliphatic heterocycles. The van der Waals surface area contributed by atoms with Crippen LogP contribution in [0.15, 0.2) is 6.07 Å². The number of aliphatic hydroxyl groups is 1. The van der Waals surface area contributed by atoms with Crippen molar-refractivity contribution in [3.05, 3.63) is 17.5 Å². The molecule has 1 aromatic heterocycles. The first kappa shape index (κ1) is 13.6. The zero-order valence-electron chi connectivity index (χ0n) is 11.5. The molecule has 1 fully saturated rings. The zero-order valence-corrected chi connectivity index (χ0v) is 11.5. The minimum Gasteiger partial charge on any atom is -0.393 e. The third-order valence-electron chi connectivity index (χ3n) is 3.94. The highest BCUT2D eigenvalue weighted by Gasteiger charge is 2.18. The Morgan fingerprint density at radius 1 is 1.39 bits per heavy atom. The topological polar surface area (TPSA) is 50.1 Å². The lowest BCUT2D eigenvalue weighted by Gasteiger charge is -2.25. The summed E-state index contributed by atoms with van der Waals surface area (Å²) in [5.41, 5.74) is 2.41. The van der Waals surface area contributed by atoms with E-state index in [9.17, 15) is 5.11 Å². The lowest BCUT2D eigenvalue weighted by atomic mass is 9.87. The Hall–Kier alpha value is -0.870.